The van der Waals surface area contributed by atoms with Crippen LogP contribution in [-0.2, 0) is 0 Å². The molecule has 1 fully saturated rings. The molecule has 1 aromatic carbocycles. The molecule has 0 bridgehead atoms. The van der Waals surface area contributed by atoms with Gasteiger partial charge in [-0.3, -0.25) is 0 Å². The summed E-state index contributed by atoms with van der Waals surface area (Å²) in [6.07, 6.45) is 3.87. The minimum Gasteiger partial charge on any atom is -0.313 e. The Bertz CT molecular complexity index is 396. The zero-order valence-corrected chi connectivity index (χ0v) is 13.4. The molecule has 112 valence electrons. The number of hydrogen-bond acceptors (Lipinski definition) is 2. The Morgan fingerprint density at radius 1 is 1.20 bits per heavy atom. The predicted octanol–water partition coefficient (Wildman–Crippen LogP) is 3.56. The van der Waals surface area contributed by atoms with E-state index in [9.17, 15) is 0 Å². The van der Waals surface area contributed by atoms with Crippen molar-refractivity contribution in [1.82, 2.24) is 10.2 Å². The maximum Gasteiger partial charge on any atom is 0.0107 e. The lowest BCUT2D eigenvalue weighted by molar-refractivity contribution is 0.250. The van der Waals surface area contributed by atoms with Gasteiger partial charge in [-0.2, -0.15) is 0 Å². The van der Waals surface area contributed by atoms with Gasteiger partial charge in [0.2, 0.25) is 0 Å². The highest BCUT2D eigenvalue weighted by Gasteiger charge is 2.29. The highest BCUT2D eigenvalue weighted by Crippen LogP contribution is 2.36. The third-order valence-electron chi connectivity index (χ3n) is 4.50. The van der Waals surface area contributed by atoms with Gasteiger partial charge >= 0.3 is 0 Å². The molecule has 0 unspecified atom stereocenters. The van der Waals surface area contributed by atoms with E-state index in [2.05, 4.69) is 55.3 Å². The minimum absolute atomic E-state index is 0.737. The lowest BCUT2D eigenvalue weighted by atomic mass is 9.75. The highest BCUT2D eigenvalue weighted by atomic mass is 15.1. The number of rotatable bonds is 8. The maximum absolute atomic E-state index is 3.71. The van der Waals surface area contributed by atoms with Gasteiger partial charge in [-0.25, -0.2) is 0 Å². The molecule has 0 aliphatic heterocycles. The Kier molecular flexibility index (Phi) is 6.06. The van der Waals surface area contributed by atoms with E-state index >= 15 is 0 Å². The monoisotopic (exact) mass is 274 g/mol. The summed E-state index contributed by atoms with van der Waals surface area (Å²) >= 11 is 0. The van der Waals surface area contributed by atoms with E-state index < -0.39 is 0 Å². The lowest BCUT2D eigenvalue weighted by Gasteiger charge is -2.37. The first-order valence-electron chi connectivity index (χ1n) is 8.25. The van der Waals surface area contributed by atoms with Crippen molar-refractivity contribution in [1.29, 1.82) is 0 Å². The molecule has 1 aliphatic carbocycles. The summed E-state index contributed by atoms with van der Waals surface area (Å²) in [5.74, 6) is 0.783. The fraction of sp³-hybridized carbons (Fsp3) is 0.667. The molecule has 20 heavy (non-hydrogen) atoms. The standard InChI is InChI=1S/C18H30N2/c1-4-10-20(5-2)11-9-19-18-13-17(14-18)16-8-6-7-15(3)12-16/h6-8,12,17-19H,4-5,9-11,13-14H2,1-3H3. The largest absolute Gasteiger partial charge is 0.313 e. The summed E-state index contributed by atoms with van der Waals surface area (Å²) in [7, 11) is 0. The molecule has 0 heterocycles. The van der Waals surface area contributed by atoms with E-state index in [1.54, 1.807) is 0 Å². The number of hydrogen-bond donors (Lipinski definition) is 1. The van der Waals surface area contributed by atoms with E-state index in [0.29, 0.717) is 0 Å². The molecule has 0 saturated heterocycles. The van der Waals surface area contributed by atoms with Gasteiger partial charge in [-0.15, -0.1) is 0 Å². The first-order valence-corrected chi connectivity index (χ1v) is 8.25. The fourth-order valence-electron chi connectivity index (χ4n) is 3.15. The van der Waals surface area contributed by atoms with Gasteiger partial charge in [0.25, 0.3) is 0 Å². The van der Waals surface area contributed by atoms with Crippen LogP contribution in [0, 0.1) is 6.92 Å². The third-order valence-corrected chi connectivity index (χ3v) is 4.50. The van der Waals surface area contributed by atoms with Gasteiger partial charge in [0.15, 0.2) is 0 Å². The van der Waals surface area contributed by atoms with Gasteiger partial charge in [0, 0.05) is 19.1 Å². The molecule has 1 saturated carbocycles. The molecule has 0 atom stereocenters. The number of aryl methyl sites for hydroxylation is 1. The second-order valence-electron chi connectivity index (χ2n) is 6.17. The van der Waals surface area contributed by atoms with Crippen LogP contribution in [0.4, 0.5) is 0 Å². The molecular weight excluding hydrogens is 244 g/mol. The van der Waals surface area contributed by atoms with Crippen molar-refractivity contribution in [2.45, 2.75) is 52.0 Å². The van der Waals surface area contributed by atoms with Gasteiger partial charge in [0.1, 0.15) is 0 Å². The smallest absolute Gasteiger partial charge is 0.0107 e. The van der Waals surface area contributed by atoms with Crippen molar-refractivity contribution < 1.29 is 0 Å². The second-order valence-corrected chi connectivity index (χ2v) is 6.17. The molecule has 1 aromatic rings. The van der Waals surface area contributed by atoms with Crippen LogP contribution < -0.4 is 5.32 Å². The van der Waals surface area contributed by atoms with Crippen molar-refractivity contribution >= 4 is 0 Å². The van der Waals surface area contributed by atoms with Crippen LogP contribution >= 0.6 is 0 Å². The summed E-state index contributed by atoms with van der Waals surface area (Å²) < 4.78 is 0. The Morgan fingerprint density at radius 2 is 2.00 bits per heavy atom. The van der Waals surface area contributed by atoms with E-state index in [4.69, 9.17) is 0 Å². The van der Waals surface area contributed by atoms with Crippen molar-refractivity contribution in [2.24, 2.45) is 0 Å². The normalized spacial score (nSPS) is 22.0. The molecule has 1 aliphatic rings. The second kappa shape index (κ2) is 7.80. The third kappa shape index (κ3) is 4.32. The van der Waals surface area contributed by atoms with Crippen LogP contribution in [0.1, 0.15) is 50.2 Å². The lowest BCUT2D eigenvalue weighted by Crippen LogP contribution is -2.43. The average molecular weight is 274 g/mol. The summed E-state index contributed by atoms with van der Waals surface area (Å²) in [5, 5.41) is 3.71. The van der Waals surface area contributed by atoms with Crippen molar-refractivity contribution in [3.63, 3.8) is 0 Å². The number of nitrogens with one attached hydrogen (secondary N) is 1. The molecule has 2 rings (SSSR count). The quantitative estimate of drug-likeness (QED) is 0.779. The average Bonchev–Trinajstić information content (AvgIpc) is 2.40. The van der Waals surface area contributed by atoms with Gasteiger partial charge < -0.3 is 10.2 Å². The molecule has 2 heteroatoms. The first-order chi connectivity index (χ1) is 9.72. The summed E-state index contributed by atoms with van der Waals surface area (Å²) in [6.45, 7) is 11.4. The van der Waals surface area contributed by atoms with Crippen molar-refractivity contribution in [3.05, 3.63) is 35.4 Å². The summed E-state index contributed by atoms with van der Waals surface area (Å²) in [4.78, 5) is 2.53. The van der Waals surface area contributed by atoms with E-state index in [0.717, 1.165) is 18.5 Å². The first kappa shape index (κ1) is 15.5. The predicted molar refractivity (Wildman–Crippen MR) is 87.3 cm³/mol. The van der Waals surface area contributed by atoms with Crippen LogP contribution in [0.25, 0.3) is 0 Å². The minimum atomic E-state index is 0.737. The van der Waals surface area contributed by atoms with Crippen LogP contribution in [-0.4, -0.2) is 37.1 Å². The van der Waals surface area contributed by atoms with Crippen LogP contribution in [0.2, 0.25) is 0 Å². The maximum atomic E-state index is 3.71. The number of benzene rings is 1. The van der Waals surface area contributed by atoms with Crippen LogP contribution in [0.15, 0.2) is 24.3 Å². The zero-order chi connectivity index (χ0) is 14.4. The molecule has 0 radical (unpaired) electrons. The summed E-state index contributed by atoms with van der Waals surface area (Å²) in [6, 6.07) is 9.75. The Morgan fingerprint density at radius 3 is 2.65 bits per heavy atom. The van der Waals surface area contributed by atoms with Crippen molar-refractivity contribution in [2.75, 3.05) is 26.2 Å². The van der Waals surface area contributed by atoms with Gasteiger partial charge in [0.05, 0.1) is 0 Å². The van der Waals surface area contributed by atoms with E-state index in [-0.39, 0.29) is 0 Å². The SMILES string of the molecule is CCCN(CC)CCNC1CC(c2cccc(C)c2)C1. The Labute approximate surface area is 124 Å². The summed E-state index contributed by atoms with van der Waals surface area (Å²) in [5.41, 5.74) is 2.92. The van der Waals surface area contributed by atoms with E-state index in [1.807, 2.05) is 0 Å². The van der Waals surface area contributed by atoms with Gasteiger partial charge in [-0.05, 0) is 50.8 Å². The van der Waals surface area contributed by atoms with Gasteiger partial charge in [-0.1, -0.05) is 43.7 Å². The molecule has 1 N–H and O–H groups in total. The number of nitrogens with zero attached hydrogens (tertiary/aromatic N) is 1. The Balaban J connectivity index is 1.64. The fourth-order valence-corrected chi connectivity index (χ4v) is 3.15. The van der Waals surface area contributed by atoms with E-state index in [1.165, 1.54) is 50.0 Å². The van der Waals surface area contributed by atoms with Crippen LogP contribution in [0.3, 0.4) is 0 Å². The number of likely N-dealkylation sites (N-methyl/N-ethyl adjacent to an activating group) is 1. The molecule has 0 spiro atoms. The zero-order valence-electron chi connectivity index (χ0n) is 13.4. The highest BCUT2D eigenvalue weighted by molar-refractivity contribution is 5.27. The molecule has 2 nitrogen and oxygen atoms in total. The molecule has 0 amide bonds. The molecular formula is C18H30N2. The van der Waals surface area contributed by atoms with Crippen LogP contribution in [0.5, 0.6) is 0 Å². The Hall–Kier alpha value is -0.860. The van der Waals surface area contributed by atoms with Crippen molar-refractivity contribution in [3.8, 4) is 0 Å². The molecule has 0 aromatic heterocycles. The topological polar surface area (TPSA) is 15.3 Å².